The van der Waals surface area contributed by atoms with Gasteiger partial charge in [0.25, 0.3) is 0 Å². The van der Waals surface area contributed by atoms with E-state index in [0.29, 0.717) is 38.9 Å². The Morgan fingerprint density at radius 3 is 2.43 bits per heavy atom. The monoisotopic (exact) mass is 425 g/mol. The second kappa shape index (κ2) is 8.73. The first-order valence-corrected chi connectivity index (χ1v) is 9.73. The molecule has 8 heteroatoms. The van der Waals surface area contributed by atoms with Crippen molar-refractivity contribution >= 4 is 5.78 Å². The highest BCUT2D eigenvalue weighted by Gasteiger charge is 2.36. The van der Waals surface area contributed by atoms with Crippen molar-refractivity contribution in [3.63, 3.8) is 0 Å². The molecule has 162 valence electrons. The number of carbonyl (C=O) groups excluding carboxylic acids is 1. The number of phenolic OH excluding ortho intramolecular Hbond substituents is 1. The molecule has 0 aliphatic carbocycles. The number of rotatable bonds is 6. The highest BCUT2D eigenvalue weighted by molar-refractivity contribution is 5.98. The Hall–Kier alpha value is -2.45. The Bertz CT molecular complexity index is 905. The average molecular weight is 425 g/mol. The number of benzene rings is 2. The second-order valence-electron chi connectivity index (χ2n) is 7.64. The molecule has 4 nitrogen and oxygen atoms in total. The highest BCUT2D eigenvalue weighted by atomic mass is 19.4. The first-order chi connectivity index (χ1) is 14.1. The van der Waals surface area contributed by atoms with E-state index in [0.717, 1.165) is 24.3 Å². The number of aromatic hydroxyl groups is 1. The van der Waals surface area contributed by atoms with Gasteiger partial charge < -0.3 is 15.1 Å². The molecule has 0 unspecified atom stereocenters. The first kappa shape index (κ1) is 22.2. The van der Waals surface area contributed by atoms with Crippen molar-refractivity contribution in [3.8, 4) is 5.75 Å². The van der Waals surface area contributed by atoms with E-state index in [4.69, 9.17) is 0 Å². The topological polar surface area (TPSA) is 60.8 Å². The Balaban J connectivity index is 1.51. The minimum Gasteiger partial charge on any atom is -0.507 e. The second-order valence-corrected chi connectivity index (χ2v) is 7.64. The van der Waals surface area contributed by atoms with Crippen LogP contribution in [0.2, 0.25) is 0 Å². The van der Waals surface area contributed by atoms with E-state index in [2.05, 4.69) is 0 Å². The number of Topliss-reactive ketones (excluding diaryl/α,β-unsaturated/α-hetero) is 1. The van der Waals surface area contributed by atoms with Crippen LogP contribution in [0.25, 0.3) is 0 Å². The van der Waals surface area contributed by atoms with E-state index in [1.165, 1.54) is 18.2 Å². The average Bonchev–Trinajstić information content (AvgIpc) is 2.69. The molecule has 1 aliphatic heterocycles. The molecule has 1 heterocycles. The summed E-state index contributed by atoms with van der Waals surface area (Å²) in [6, 6.07) is 8.07. The van der Waals surface area contributed by atoms with E-state index in [9.17, 15) is 32.6 Å². The van der Waals surface area contributed by atoms with Crippen LogP contribution in [0.1, 0.15) is 47.2 Å². The number of aliphatic hydroxyl groups is 1. The lowest BCUT2D eigenvalue weighted by atomic mass is 9.83. The van der Waals surface area contributed by atoms with Crippen molar-refractivity contribution in [2.45, 2.75) is 37.5 Å². The molecule has 1 aliphatic rings. The zero-order chi connectivity index (χ0) is 21.9. The molecule has 2 aromatic carbocycles. The van der Waals surface area contributed by atoms with E-state index >= 15 is 0 Å². The van der Waals surface area contributed by atoms with Crippen molar-refractivity contribution in [2.24, 2.45) is 0 Å². The molecule has 0 spiro atoms. The van der Waals surface area contributed by atoms with Gasteiger partial charge in [-0.25, -0.2) is 4.39 Å². The largest absolute Gasteiger partial charge is 0.507 e. The lowest BCUT2D eigenvalue weighted by Crippen LogP contribution is -2.43. The molecular weight excluding hydrogens is 402 g/mol. The predicted molar refractivity (Wildman–Crippen MR) is 103 cm³/mol. The van der Waals surface area contributed by atoms with Crippen LogP contribution in [0, 0.1) is 5.82 Å². The molecule has 30 heavy (non-hydrogen) atoms. The fourth-order valence-electron chi connectivity index (χ4n) is 3.76. The van der Waals surface area contributed by atoms with Crippen molar-refractivity contribution < 1.29 is 32.6 Å². The third-order valence-electron chi connectivity index (χ3n) is 5.55. The number of alkyl halides is 3. The third kappa shape index (κ3) is 5.17. The van der Waals surface area contributed by atoms with Crippen LogP contribution in [-0.2, 0) is 11.8 Å². The van der Waals surface area contributed by atoms with Gasteiger partial charge in [-0.3, -0.25) is 4.79 Å². The Morgan fingerprint density at radius 2 is 1.80 bits per heavy atom. The molecule has 1 fully saturated rings. The van der Waals surface area contributed by atoms with Crippen LogP contribution in [0.4, 0.5) is 17.6 Å². The van der Waals surface area contributed by atoms with E-state index in [-0.39, 0.29) is 29.1 Å². The number of piperidine rings is 1. The van der Waals surface area contributed by atoms with Crippen LogP contribution in [0.3, 0.4) is 0 Å². The van der Waals surface area contributed by atoms with Crippen molar-refractivity contribution in [3.05, 3.63) is 65.0 Å². The molecule has 0 saturated carbocycles. The molecule has 2 N–H and O–H groups in total. The number of carbonyl (C=O) groups is 1. The lowest BCUT2D eigenvalue weighted by molar-refractivity contribution is -0.137. The standard InChI is InChI=1S/C22H23F4NO3/c23-17-6-7-18(20(29)14-17)19(28)5-2-10-27-11-8-21(30,9-12-27)15-3-1-4-16(13-15)22(24,25)26/h1,3-4,6-7,13-14,29-30H,2,5,8-12H2. The number of halogens is 4. The Kier molecular flexibility index (Phi) is 6.47. The van der Waals surface area contributed by atoms with Gasteiger partial charge in [-0.2, -0.15) is 13.2 Å². The summed E-state index contributed by atoms with van der Waals surface area (Å²) in [6.45, 7) is 1.55. The van der Waals surface area contributed by atoms with Gasteiger partial charge >= 0.3 is 6.18 Å². The highest BCUT2D eigenvalue weighted by Crippen LogP contribution is 2.36. The molecule has 0 bridgehead atoms. The number of hydrogen-bond acceptors (Lipinski definition) is 4. The molecule has 0 radical (unpaired) electrons. The molecule has 0 aromatic heterocycles. The maximum Gasteiger partial charge on any atom is 0.416 e. The minimum absolute atomic E-state index is 0.0777. The maximum absolute atomic E-state index is 13.0. The number of nitrogens with zero attached hydrogens (tertiary/aromatic N) is 1. The molecule has 0 amide bonds. The van der Waals surface area contributed by atoms with Gasteiger partial charge in [-0.1, -0.05) is 12.1 Å². The number of phenols is 1. The van der Waals surface area contributed by atoms with Crippen LogP contribution < -0.4 is 0 Å². The van der Waals surface area contributed by atoms with Gasteiger partial charge in [-0.15, -0.1) is 0 Å². The van der Waals surface area contributed by atoms with Crippen LogP contribution in [0.5, 0.6) is 5.75 Å². The summed E-state index contributed by atoms with van der Waals surface area (Å²) in [4.78, 5) is 14.2. The SMILES string of the molecule is O=C(CCCN1CCC(O)(c2cccc(C(F)(F)F)c2)CC1)c1ccc(F)cc1O. The van der Waals surface area contributed by atoms with E-state index < -0.39 is 23.2 Å². The van der Waals surface area contributed by atoms with Gasteiger partial charge in [0.2, 0.25) is 0 Å². The maximum atomic E-state index is 13.0. The zero-order valence-electron chi connectivity index (χ0n) is 16.3. The van der Waals surface area contributed by atoms with Crippen LogP contribution in [0.15, 0.2) is 42.5 Å². The summed E-state index contributed by atoms with van der Waals surface area (Å²) >= 11 is 0. The quantitative estimate of drug-likeness (QED) is 0.529. The predicted octanol–water partition coefficient (Wildman–Crippen LogP) is 4.50. The van der Waals surface area contributed by atoms with E-state index in [1.807, 2.05) is 4.90 Å². The number of ketones is 1. The minimum atomic E-state index is -4.46. The van der Waals surface area contributed by atoms with Crippen molar-refractivity contribution in [2.75, 3.05) is 19.6 Å². The van der Waals surface area contributed by atoms with Crippen molar-refractivity contribution in [1.29, 1.82) is 0 Å². The van der Waals surface area contributed by atoms with Gasteiger partial charge in [0.05, 0.1) is 16.7 Å². The van der Waals surface area contributed by atoms with Gasteiger partial charge in [0, 0.05) is 25.6 Å². The lowest BCUT2D eigenvalue weighted by Gasteiger charge is -2.38. The molecule has 1 saturated heterocycles. The van der Waals surface area contributed by atoms with Gasteiger partial charge in [0.1, 0.15) is 11.6 Å². The third-order valence-corrected chi connectivity index (χ3v) is 5.55. The zero-order valence-corrected chi connectivity index (χ0v) is 16.3. The van der Waals surface area contributed by atoms with Gasteiger partial charge in [-0.05, 0) is 55.6 Å². The smallest absolute Gasteiger partial charge is 0.416 e. The van der Waals surface area contributed by atoms with Crippen molar-refractivity contribution in [1.82, 2.24) is 4.90 Å². The summed E-state index contributed by atoms with van der Waals surface area (Å²) in [7, 11) is 0. The summed E-state index contributed by atoms with van der Waals surface area (Å²) in [6.07, 6.45) is -3.19. The Morgan fingerprint density at radius 1 is 1.10 bits per heavy atom. The van der Waals surface area contributed by atoms with Crippen LogP contribution in [-0.4, -0.2) is 40.5 Å². The molecule has 0 atom stereocenters. The summed E-state index contributed by atoms with van der Waals surface area (Å²) in [5, 5.41) is 20.5. The normalized spacial score (nSPS) is 17.1. The van der Waals surface area contributed by atoms with E-state index in [1.54, 1.807) is 0 Å². The summed E-state index contributed by atoms with van der Waals surface area (Å²) in [5.74, 6) is -1.29. The van der Waals surface area contributed by atoms with Gasteiger partial charge in [0.15, 0.2) is 5.78 Å². The summed E-state index contributed by atoms with van der Waals surface area (Å²) < 4.78 is 51.8. The fourth-order valence-corrected chi connectivity index (χ4v) is 3.76. The number of hydrogen-bond donors (Lipinski definition) is 2. The fraction of sp³-hybridized carbons (Fsp3) is 0.409. The first-order valence-electron chi connectivity index (χ1n) is 9.73. The molecule has 3 rings (SSSR count). The summed E-state index contributed by atoms with van der Waals surface area (Å²) in [5.41, 5.74) is -1.75. The Labute approximate surface area is 171 Å². The number of likely N-dealkylation sites (tertiary alicyclic amines) is 1. The molecular formula is C22H23F4NO3. The molecule has 2 aromatic rings. The van der Waals surface area contributed by atoms with Crippen LogP contribution >= 0.6 is 0 Å².